The van der Waals surface area contributed by atoms with Crippen molar-refractivity contribution < 1.29 is 13.9 Å². The minimum atomic E-state index is -0.146. The molecule has 1 aliphatic heterocycles. The Kier molecular flexibility index (Phi) is 4.45. The van der Waals surface area contributed by atoms with Crippen LogP contribution in [0, 0.1) is 0 Å². The molecule has 0 radical (unpaired) electrons. The summed E-state index contributed by atoms with van der Waals surface area (Å²) in [5.41, 5.74) is 1.41. The summed E-state index contributed by atoms with van der Waals surface area (Å²) < 4.78 is 11.0. The van der Waals surface area contributed by atoms with Crippen LogP contribution in [0.15, 0.2) is 35.1 Å². The first kappa shape index (κ1) is 15.1. The van der Waals surface area contributed by atoms with Crippen molar-refractivity contribution in [1.82, 2.24) is 9.88 Å². The molecule has 0 saturated carbocycles. The highest BCUT2D eigenvalue weighted by atomic mass is 35.5. The molecule has 22 heavy (non-hydrogen) atoms. The van der Waals surface area contributed by atoms with Gasteiger partial charge in [0.05, 0.1) is 13.2 Å². The van der Waals surface area contributed by atoms with Crippen LogP contribution in [-0.2, 0) is 11.2 Å². The van der Waals surface area contributed by atoms with Gasteiger partial charge in [0.15, 0.2) is 12.1 Å². The average Bonchev–Trinajstić information content (AvgIpc) is 3.03. The zero-order valence-corrected chi connectivity index (χ0v) is 13.0. The Labute approximate surface area is 133 Å². The predicted octanol–water partition coefficient (Wildman–Crippen LogP) is 3.10. The first-order chi connectivity index (χ1) is 10.7. The number of hydrogen-bond acceptors (Lipinski definition) is 4. The molecule has 1 amide bonds. The molecule has 6 heteroatoms. The van der Waals surface area contributed by atoms with Crippen molar-refractivity contribution in [2.75, 3.05) is 19.7 Å². The number of benzene rings is 1. The molecule has 2 heterocycles. The first-order valence-corrected chi connectivity index (χ1v) is 7.65. The van der Waals surface area contributed by atoms with E-state index in [0.29, 0.717) is 42.6 Å². The fourth-order valence-corrected chi connectivity index (χ4v) is 2.68. The molecule has 1 saturated heterocycles. The summed E-state index contributed by atoms with van der Waals surface area (Å²) in [5.74, 6) is 0.521. The highest BCUT2D eigenvalue weighted by molar-refractivity contribution is 6.30. The fraction of sp³-hybridized carbons (Fsp3) is 0.375. The number of hydrogen-bond donors (Lipinski definition) is 0. The Bertz CT molecular complexity index is 654. The SMILES string of the molecule is CCc1ocnc1C(=O)N1CCO[C@@H](c2ccc(Cl)cc2)C1. The Hall–Kier alpha value is -1.85. The van der Waals surface area contributed by atoms with E-state index in [9.17, 15) is 4.79 Å². The van der Waals surface area contributed by atoms with Crippen LogP contribution in [0.2, 0.25) is 5.02 Å². The lowest BCUT2D eigenvalue weighted by molar-refractivity contribution is -0.0230. The molecule has 1 aromatic heterocycles. The van der Waals surface area contributed by atoms with Crippen molar-refractivity contribution in [1.29, 1.82) is 0 Å². The highest BCUT2D eigenvalue weighted by Gasteiger charge is 2.28. The largest absolute Gasteiger partial charge is 0.448 e. The molecule has 0 aliphatic carbocycles. The minimum Gasteiger partial charge on any atom is -0.448 e. The van der Waals surface area contributed by atoms with E-state index >= 15 is 0 Å². The molecule has 1 fully saturated rings. The lowest BCUT2D eigenvalue weighted by atomic mass is 10.1. The zero-order chi connectivity index (χ0) is 15.5. The zero-order valence-electron chi connectivity index (χ0n) is 12.3. The van der Waals surface area contributed by atoms with E-state index in [1.54, 1.807) is 4.90 Å². The van der Waals surface area contributed by atoms with Crippen LogP contribution >= 0.6 is 11.6 Å². The summed E-state index contributed by atoms with van der Waals surface area (Å²) in [5, 5.41) is 0.683. The standard InChI is InChI=1S/C16H17ClN2O3/c1-2-13-15(18-10-22-13)16(20)19-7-8-21-14(9-19)11-3-5-12(17)6-4-11/h3-6,10,14H,2,7-9H2,1H3/t14-/m1/s1. The Morgan fingerprint density at radius 2 is 2.18 bits per heavy atom. The number of aryl methyl sites for hydroxylation is 1. The first-order valence-electron chi connectivity index (χ1n) is 7.27. The van der Waals surface area contributed by atoms with E-state index < -0.39 is 0 Å². The van der Waals surface area contributed by atoms with Crippen LogP contribution in [0.25, 0.3) is 0 Å². The van der Waals surface area contributed by atoms with Crippen LogP contribution in [0.1, 0.15) is 34.8 Å². The number of halogens is 1. The number of amides is 1. The number of nitrogens with zero attached hydrogens (tertiary/aromatic N) is 2. The van der Waals surface area contributed by atoms with Crippen LogP contribution in [-0.4, -0.2) is 35.5 Å². The van der Waals surface area contributed by atoms with Gasteiger partial charge in [-0.3, -0.25) is 4.79 Å². The molecule has 0 bridgehead atoms. The van der Waals surface area contributed by atoms with Crippen LogP contribution < -0.4 is 0 Å². The lowest BCUT2D eigenvalue weighted by Crippen LogP contribution is -2.42. The normalized spacial score (nSPS) is 18.5. The van der Waals surface area contributed by atoms with Gasteiger partial charge in [0.2, 0.25) is 0 Å². The molecule has 2 aromatic rings. The molecule has 116 valence electrons. The summed E-state index contributed by atoms with van der Waals surface area (Å²) in [4.78, 5) is 18.4. The number of carbonyl (C=O) groups excluding carboxylic acids is 1. The number of ether oxygens (including phenoxy) is 1. The monoisotopic (exact) mass is 320 g/mol. The maximum Gasteiger partial charge on any atom is 0.276 e. The van der Waals surface area contributed by atoms with Gasteiger partial charge in [-0.2, -0.15) is 0 Å². The van der Waals surface area contributed by atoms with Crippen molar-refractivity contribution >= 4 is 17.5 Å². The second-order valence-electron chi connectivity index (χ2n) is 5.14. The second-order valence-corrected chi connectivity index (χ2v) is 5.58. The van der Waals surface area contributed by atoms with Gasteiger partial charge in [-0.05, 0) is 17.7 Å². The van der Waals surface area contributed by atoms with Gasteiger partial charge in [0.1, 0.15) is 11.9 Å². The van der Waals surface area contributed by atoms with Crippen LogP contribution in [0.5, 0.6) is 0 Å². The average molecular weight is 321 g/mol. The molecule has 0 N–H and O–H groups in total. The number of carbonyl (C=O) groups is 1. The highest BCUT2D eigenvalue weighted by Crippen LogP contribution is 2.25. The quantitative estimate of drug-likeness (QED) is 0.872. The van der Waals surface area contributed by atoms with Crippen molar-refractivity contribution in [3.8, 4) is 0 Å². The van der Waals surface area contributed by atoms with Crippen molar-refractivity contribution in [2.45, 2.75) is 19.4 Å². The van der Waals surface area contributed by atoms with Gasteiger partial charge < -0.3 is 14.1 Å². The van der Waals surface area contributed by atoms with Crippen LogP contribution in [0.4, 0.5) is 0 Å². The van der Waals surface area contributed by atoms with E-state index in [4.69, 9.17) is 20.8 Å². The smallest absolute Gasteiger partial charge is 0.276 e. The van der Waals surface area contributed by atoms with Gasteiger partial charge in [0, 0.05) is 18.0 Å². The Morgan fingerprint density at radius 3 is 2.91 bits per heavy atom. The molecular formula is C16H17ClN2O3. The fourth-order valence-electron chi connectivity index (χ4n) is 2.56. The summed E-state index contributed by atoms with van der Waals surface area (Å²) in [6.45, 7) is 3.49. The van der Waals surface area contributed by atoms with E-state index in [0.717, 1.165) is 5.56 Å². The summed E-state index contributed by atoms with van der Waals surface area (Å²) in [6.07, 6.45) is 1.82. The number of oxazole rings is 1. The molecule has 1 aromatic carbocycles. The second kappa shape index (κ2) is 6.50. The molecular weight excluding hydrogens is 304 g/mol. The van der Waals surface area contributed by atoms with Crippen molar-refractivity contribution in [3.05, 3.63) is 52.7 Å². The number of aromatic nitrogens is 1. The molecule has 1 aliphatic rings. The third-order valence-corrected chi connectivity index (χ3v) is 4.01. The summed E-state index contributed by atoms with van der Waals surface area (Å²) in [7, 11) is 0. The van der Waals surface area contributed by atoms with Gasteiger partial charge in [-0.15, -0.1) is 0 Å². The predicted molar refractivity (Wildman–Crippen MR) is 81.9 cm³/mol. The number of rotatable bonds is 3. The topological polar surface area (TPSA) is 55.6 Å². The van der Waals surface area contributed by atoms with Gasteiger partial charge in [-0.1, -0.05) is 30.7 Å². The molecule has 5 nitrogen and oxygen atoms in total. The van der Waals surface area contributed by atoms with E-state index in [2.05, 4.69) is 4.98 Å². The lowest BCUT2D eigenvalue weighted by Gasteiger charge is -2.33. The third kappa shape index (κ3) is 3.00. The Morgan fingerprint density at radius 1 is 1.41 bits per heavy atom. The van der Waals surface area contributed by atoms with Crippen molar-refractivity contribution in [3.63, 3.8) is 0 Å². The molecule has 3 rings (SSSR count). The van der Waals surface area contributed by atoms with Crippen LogP contribution in [0.3, 0.4) is 0 Å². The van der Waals surface area contributed by atoms with Crippen molar-refractivity contribution in [2.24, 2.45) is 0 Å². The van der Waals surface area contributed by atoms with Gasteiger partial charge in [-0.25, -0.2) is 4.98 Å². The summed E-state index contributed by atoms with van der Waals surface area (Å²) >= 11 is 5.91. The molecule has 1 atom stereocenters. The van der Waals surface area contributed by atoms with E-state index in [1.165, 1.54) is 6.39 Å². The van der Waals surface area contributed by atoms with E-state index in [-0.39, 0.29) is 12.0 Å². The minimum absolute atomic E-state index is 0.104. The summed E-state index contributed by atoms with van der Waals surface area (Å²) in [6, 6.07) is 7.50. The van der Waals surface area contributed by atoms with Gasteiger partial charge >= 0.3 is 0 Å². The third-order valence-electron chi connectivity index (χ3n) is 3.76. The van der Waals surface area contributed by atoms with Gasteiger partial charge in [0.25, 0.3) is 5.91 Å². The Balaban J connectivity index is 1.75. The maximum absolute atomic E-state index is 12.6. The molecule has 0 unspecified atom stereocenters. The maximum atomic E-state index is 12.6. The van der Waals surface area contributed by atoms with E-state index in [1.807, 2.05) is 31.2 Å². The molecule has 0 spiro atoms. The number of morpholine rings is 1.